The number of aliphatic hydroxyl groups excluding tert-OH is 2. The van der Waals surface area contributed by atoms with Gasteiger partial charge in [-0.3, -0.25) is 0 Å². The van der Waals surface area contributed by atoms with E-state index in [2.05, 4.69) is 25.3 Å². The van der Waals surface area contributed by atoms with E-state index in [1.165, 1.54) is 0 Å². The summed E-state index contributed by atoms with van der Waals surface area (Å²) in [6.45, 7) is 1.82. The van der Waals surface area contributed by atoms with Crippen LogP contribution in [0.3, 0.4) is 0 Å². The van der Waals surface area contributed by atoms with Gasteiger partial charge in [0.2, 0.25) is 0 Å². The zero-order valence-electron chi connectivity index (χ0n) is 5.23. The minimum atomic E-state index is -0.844. The number of thiol groups is 2. The van der Waals surface area contributed by atoms with Gasteiger partial charge < -0.3 is 10.2 Å². The summed E-state index contributed by atoms with van der Waals surface area (Å²) in [5.74, 6) is 0. The molecule has 0 rings (SSSR count). The fourth-order valence-electron chi connectivity index (χ4n) is 0.440. The molecule has 0 aromatic heterocycles. The summed E-state index contributed by atoms with van der Waals surface area (Å²) in [6, 6.07) is 0. The quantitative estimate of drug-likeness (QED) is 0.362. The van der Waals surface area contributed by atoms with Gasteiger partial charge in [0.15, 0.2) is 0 Å². The highest BCUT2D eigenvalue weighted by Crippen LogP contribution is 2.12. The van der Waals surface area contributed by atoms with Gasteiger partial charge >= 0.3 is 0 Å². The smallest absolute Gasteiger partial charge is 0.111 e. The maximum absolute atomic E-state index is 9.01. The maximum Gasteiger partial charge on any atom is 0.111 e. The third kappa shape index (κ3) is 3.35. The van der Waals surface area contributed by atoms with E-state index < -0.39 is 16.8 Å². The zero-order chi connectivity index (χ0) is 7.44. The highest BCUT2D eigenvalue weighted by molar-refractivity contribution is 7.85. The van der Waals surface area contributed by atoms with E-state index in [0.29, 0.717) is 6.42 Å². The van der Waals surface area contributed by atoms with Crippen LogP contribution in [0.25, 0.3) is 0 Å². The van der Waals surface area contributed by atoms with Gasteiger partial charge in [0.05, 0.1) is 11.4 Å². The van der Waals surface area contributed by atoms with E-state index in [4.69, 9.17) is 10.2 Å². The minimum Gasteiger partial charge on any atom is -0.392 e. The Morgan fingerprint density at radius 1 is 1.33 bits per heavy atom. The lowest BCUT2D eigenvalue weighted by molar-refractivity contribution is 0.127. The van der Waals surface area contributed by atoms with Crippen molar-refractivity contribution in [3.63, 3.8) is 0 Å². The lowest BCUT2D eigenvalue weighted by atomic mass is 10.2. The Bertz CT molecular complexity index is 77.4. The molecule has 0 heterocycles. The van der Waals surface area contributed by atoms with Crippen LogP contribution in [0.15, 0.2) is 0 Å². The summed E-state index contributed by atoms with van der Waals surface area (Å²) in [6.07, 6.45) is 0.0204. The molecule has 2 N–H and O–H groups in total. The van der Waals surface area contributed by atoms with Crippen molar-refractivity contribution in [1.29, 1.82) is 0 Å². The number of aliphatic hydroxyl groups is 2. The summed E-state index contributed by atoms with van der Waals surface area (Å²) in [5, 5.41) is 17.3. The minimum absolute atomic E-state index is 0.446. The summed E-state index contributed by atoms with van der Waals surface area (Å²) < 4.78 is 0. The van der Waals surface area contributed by atoms with Crippen molar-refractivity contribution in [2.75, 3.05) is 0 Å². The van der Waals surface area contributed by atoms with E-state index >= 15 is 0 Å². The van der Waals surface area contributed by atoms with Gasteiger partial charge in [0.25, 0.3) is 0 Å². The second kappa shape index (κ2) is 4.44. The van der Waals surface area contributed by atoms with Crippen LogP contribution in [-0.2, 0) is 0 Å². The number of hydrogen-bond acceptors (Lipinski definition) is 4. The molecule has 0 aromatic rings. The van der Waals surface area contributed by atoms with Crippen molar-refractivity contribution in [3.8, 4) is 0 Å². The molecule has 0 saturated carbocycles. The van der Waals surface area contributed by atoms with Crippen LogP contribution >= 0.6 is 25.3 Å². The molecule has 0 aliphatic heterocycles. The van der Waals surface area contributed by atoms with Crippen LogP contribution in [-0.4, -0.2) is 27.0 Å². The molecule has 0 saturated heterocycles. The number of hydrogen-bond donors (Lipinski definition) is 4. The Kier molecular flexibility index (Phi) is 4.74. The van der Waals surface area contributed by atoms with Gasteiger partial charge in [-0.2, -0.15) is 12.6 Å². The maximum atomic E-state index is 9.01. The van der Waals surface area contributed by atoms with Crippen molar-refractivity contribution in [2.45, 2.75) is 30.1 Å². The molecule has 0 aliphatic rings. The van der Waals surface area contributed by atoms with Gasteiger partial charge in [0, 0.05) is 0 Å². The second-order valence-corrected chi connectivity index (χ2v) is 3.01. The van der Waals surface area contributed by atoms with Crippen LogP contribution in [0.2, 0.25) is 0 Å². The molecule has 3 atom stereocenters. The van der Waals surface area contributed by atoms with Crippen LogP contribution in [0, 0.1) is 0 Å². The van der Waals surface area contributed by atoms with Crippen molar-refractivity contribution >= 4 is 25.3 Å². The van der Waals surface area contributed by atoms with Crippen molar-refractivity contribution in [3.05, 3.63) is 0 Å². The fourth-order valence-corrected chi connectivity index (χ4v) is 0.850. The van der Waals surface area contributed by atoms with Gasteiger partial charge in [-0.15, -0.1) is 12.6 Å². The molecule has 4 heteroatoms. The van der Waals surface area contributed by atoms with E-state index in [-0.39, 0.29) is 0 Å². The van der Waals surface area contributed by atoms with Gasteiger partial charge in [-0.1, -0.05) is 6.92 Å². The average molecular weight is 168 g/mol. The molecule has 3 unspecified atom stereocenters. The first-order valence-electron chi connectivity index (χ1n) is 2.81. The molecular formula is C5H12O2S2. The Morgan fingerprint density at radius 2 is 1.78 bits per heavy atom. The fraction of sp³-hybridized carbons (Fsp3) is 1.00. The zero-order valence-corrected chi connectivity index (χ0v) is 7.02. The largest absolute Gasteiger partial charge is 0.392 e. The topological polar surface area (TPSA) is 40.5 Å². The molecular weight excluding hydrogens is 156 g/mol. The predicted octanol–water partition coefficient (Wildman–Crippen LogP) is 0.304. The summed E-state index contributed by atoms with van der Waals surface area (Å²) >= 11 is 7.63. The van der Waals surface area contributed by atoms with Crippen LogP contribution in [0.4, 0.5) is 0 Å². The summed E-state index contributed by atoms with van der Waals surface area (Å²) in [4.78, 5) is 0. The lowest BCUT2D eigenvalue weighted by Crippen LogP contribution is -2.28. The van der Waals surface area contributed by atoms with Crippen LogP contribution < -0.4 is 0 Å². The SMILES string of the molecule is CCC(O)C(S)C(O)S. The molecule has 2 nitrogen and oxygen atoms in total. The Hall–Kier alpha value is 0.620. The van der Waals surface area contributed by atoms with Crippen molar-refractivity contribution < 1.29 is 10.2 Å². The van der Waals surface area contributed by atoms with E-state index in [1.54, 1.807) is 0 Å². The highest BCUT2D eigenvalue weighted by atomic mass is 32.1. The third-order valence-electron chi connectivity index (χ3n) is 1.12. The van der Waals surface area contributed by atoms with E-state index in [9.17, 15) is 0 Å². The van der Waals surface area contributed by atoms with Crippen LogP contribution in [0.1, 0.15) is 13.3 Å². The predicted molar refractivity (Wildman–Crippen MR) is 44.1 cm³/mol. The monoisotopic (exact) mass is 168 g/mol. The molecule has 0 radical (unpaired) electrons. The van der Waals surface area contributed by atoms with Crippen molar-refractivity contribution in [1.82, 2.24) is 0 Å². The third-order valence-corrected chi connectivity index (χ3v) is 2.30. The first kappa shape index (κ1) is 9.62. The molecule has 56 valence electrons. The first-order chi connectivity index (χ1) is 4.09. The first-order valence-corrected chi connectivity index (χ1v) is 3.85. The summed E-state index contributed by atoms with van der Waals surface area (Å²) in [7, 11) is 0. The second-order valence-electron chi connectivity index (χ2n) is 1.88. The van der Waals surface area contributed by atoms with Gasteiger partial charge in [0.1, 0.15) is 5.44 Å². The number of rotatable bonds is 3. The molecule has 0 amide bonds. The standard InChI is InChI=1S/C5H12O2S2/c1-2-3(6)4(8)5(7)9/h3-9H,2H2,1H3. The molecule has 0 aliphatic carbocycles. The Labute approximate surface area is 66.1 Å². The van der Waals surface area contributed by atoms with Gasteiger partial charge in [-0.25, -0.2) is 0 Å². The molecule has 0 aromatic carbocycles. The Balaban J connectivity index is 3.58. The molecule has 0 spiro atoms. The van der Waals surface area contributed by atoms with Crippen LogP contribution in [0.5, 0.6) is 0 Å². The van der Waals surface area contributed by atoms with E-state index in [0.717, 1.165) is 0 Å². The summed E-state index contributed by atoms with van der Waals surface area (Å²) in [5.41, 5.74) is -0.844. The van der Waals surface area contributed by atoms with E-state index in [1.807, 2.05) is 6.92 Å². The van der Waals surface area contributed by atoms with Crippen molar-refractivity contribution in [2.24, 2.45) is 0 Å². The average Bonchev–Trinajstić information content (AvgIpc) is 1.84. The molecule has 0 fully saturated rings. The lowest BCUT2D eigenvalue weighted by Gasteiger charge is -2.17. The highest BCUT2D eigenvalue weighted by Gasteiger charge is 2.18. The normalized spacial score (nSPS) is 21.0. The Morgan fingerprint density at radius 3 is 1.89 bits per heavy atom. The van der Waals surface area contributed by atoms with Gasteiger partial charge in [-0.05, 0) is 6.42 Å². The molecule has 9 heavy (non-hydrogen) atoms. The molecule has 0 bridgehead atoms.